The molecule has 7 aromatic carbocycles. The fourth-order valence-electron chi connectivity index (χ4n) is 7.68. The van der Waals surface area contributed by atoms with Gasteiger partial charge in [-0.25, -0.2) is 0 Å². The predicted molar refractivity (Wildman–Crippen MR) is 188 cm³/mol. The summed E-state index contributed by atoms with van der Waals surface area (Å²) in [5, 5.41) is 0. The van der Waals surface area contributed by atoms with E-state index in [0.29, 0.717) is 0 Å². The second-order valence-corrected chi connectivity index (χ2v) is 19.4. The number of fused-ring (bicyclic) bond motifs is 10. The maximum absolute atomic E-state index is 3.26. The predicted octanol–water partition coefficient (Wildman–Crippen LogP) is 8.16. The SMILES string of the molecule is c1ccc(-c2ccc(N(c3ccccc3)c3ccc4[c](c3)[Ge]3([c]5ccccc5-c5cccc[c]53)[c]3ccccc3-4)cc2)cc1. The molecule has 1 spiro atoms. The van der Waals surface area contributed by atoms with Gasteiger partial charge in [-0.2, -0.15) is 0 Å². The third-order valence-corrected chi connectivity index (χ3v) is 19.9. The number of hydrogen-bond donors (Lipinski definition) is 0. The summed E-state index contributed by atoms with van der Waals surface area (Å²) in [5.41, 5.74) is 11.6. The molecule has 0 aliphatic carbocycles. The van der Waals surface area contributed by atoms with Crippen LogP contribution in [0.4, 0.5) is 17.1 Å². The van der Waals surface area contributed by atoms with Crippen molar-refractivity contribution in [3.63, 3.8) is 0 Å². The van der Waals surface area contributed by atoms with E-state index in [9.17, 15) is 0 Å². The van der Waals surface area contributed by atoms with Crippen LogP contribution in [0.1, 0.15) is 0 Å². The molecular formula is C42H29GeN. The van der Waals surface area contributed by atoms with Gasteiger partial charge in [0.2, 0.25) is 0 Å². The molecule has 0 radical (unpaired) electrons. The number of benzene rings is 7. The Kier molecular flexibility index (Phi) is 5.75. The molecule has 0 aromatic heterocycles. The fourth-order valence-corrected chi connectivity index (χ4v) is 19.5. The molecule has 0 saturated carbocycles. The summed E-state index contributed by atoms with van der Waals surface area (Å²) in [4.78, 5) is 2.42. The van der Waals surface area contributed by atoms with Crippen molar-refractivity contribution in [3.8, 4) is 33.4 Å². The number of anilines is 3. The van der Waals surface area contributed by atoms with Crippen LogP contribution >= 0.6 is 0 Å². The van der Waals surface area contributed by atoms with E-state index in [1.807, 2.05) is 0 Å². The molecule has 0 amide bonds. The molecule has 2 aliphatic rings. The molecule has 206 valence electrons. The van der Waals surface area contributed by atoms with Crippen molar-refractivity contribution in [1.82, 2.24) is 0 Å². The number of rotatable bonds is 4. The van der Waals surface area contributed by atoms with Crippen LogP contribution in [-0.2, 0) is 0 Å². The molecule has 9 rings (SSSR count). The average molecular weight is 620 g/mol. The van der Waals surface area contributed by atoms with Gasteiger partial charge in [-0.3, -0.25) is 0 Å². The molecule has 0 N–H and O–H groups in total. The van der Waals surface area contributed by atoms with Gasteiger partial charge in [-0.1, -0.05) is 0 Å². The van der Waals surface area contributed by atoms with Crippen molar-refractivity contribution in [3.05, 3.63) is 176 Å². The zero-order valence-corrected chi connectivity index (χ0v) is 26.3. The Bertz CT molecular complexity index is 2100. The van der Waals surface area contributed by atoms with Crippen molar-refractivity contribution in [2.45, 2.75) is 0 Å². The van der Waals surface area contributed by atoms with Crippen LogP contribution < -0.4 is 22.5 Å². The zero-order valence-electron chi connectivity index (χ0n) is 24.2. The summed E-state index contributed by atoms with van der Waals surface area (Å²) in [6.45, 7) is 0. The van der Waals surface area contributed by atoms with Crippen LogP contribution in [0.3, 0.4) is 0 Å². The normalized spacial score (nSPS) is 13.2. The number of nitrogens with zero attached hydrogens (tertiary/aromatic N) is 1. The third-order valence-electron chi connectivity index (χ3n) is 9.49. The van der Waals surface area contributed by atoms with E-state index in [2.05, 4.69) is 181 Å². The van der Waals surface area contributed by atoms with Crippen LogP contribution in [0.15, 0.2) is 176 Å². The standard InChI is InChI=1S/C42H29GeN/c1-3-13-30(14-4-1)31-23-25-33(26-24-31)44(32-15-5-2-6-16-32)34-27-28-38-37-19-9-12-22-41(37)43(42(38)29-34)39-20-10-7-17-35(39)36-18-8-11-21-40(36)43/h1-29H. The Morgan fingerprint density at radius 1 is 0.295 bits per heavy atom. The number of hydrogen-bond acceptors (Lipinski definition) is 1. The van der Waals surface area contributed by atoms with E-state index in [0.717, 1.165) is 11.4 Å². The van der Waals surface area contributed by atoms with Crippen LogP contribution in [-0.4, -0.2) is 13.3 Å². The molecule has 2 heterocycles. The maximum atomic E-state index is 2.53. The van der Waals surface area contributed by atoms with Crippen LogP contribution in [0, 0.1) is 0 Å². The topological polar surface area (TPSA) is 3.24 Å². The van der Waals surface area contributed by atoms with Crippen LogP contribution in [0.5, 0.6) is 0 Å². The summed E-state index contributed by atoms with van der Waals surface area (Å²) in [5.74, 6) is 0. The minimum atomic E-state index is -3.26. The first-order valence-electron chi connectivity index (χ1n) is 15.3. The molecule has 0 atom stereocenters. The van der Waals surface area contributed by atoms with Gasteiger partial charge in [-0.15, -0.1) is 0 Å². The van der Waals surface area contributed by atoms with Crippen LogP contribution in [0.25, 0.3) is 33.4 Å². The first-order valence-corrected chi connectivity index (χ1v) is 19.5. The van der Waals surface area contributed by atoms with Crippen molar-refractivity contribution in [1.29, 1.82) is 0 Å². The van der Waals surface area contributed by atoms with Gasteiger partial charge >= 0.3 is 262 Å². The monoisotopic (exact) mass is 621 g/mol. The Labute approximate surface area is 261 Å². The van der Waals surface area contributed by atoms with Gasteiger partial charge in [0.1, 0.15) is 0 Å². The van der Waals surface area contributed by atoms with Gasteiger partial charge in [0.15, 0.2) is 0 Å². The summed E-state index contributed by atoms with van der Waals surface area (Å²) in [7, 11) is 0. The molecule has 0 unspecified atom stereocenters. The van der Waals surface area contributed by atoms with Gasteiger partial charge in [0, 0.05) is 0 Å². The first kappa shape index (κ1) is 25.4. The van der Waals surface area contributed by atoms with E-state index < -0.39 is 13.3 Å². The van der Waals surface area contributed by atoms with E-state index in [4.69, 9.17) is 0 Å². The van der Waals surface area contributed by atoms with E-state index in [1.54, 1.807) is 13.2 Å². The second kappa shape index (κ2) is 9.97. The Morgan fingerprint density at radius 2 is 0.705 bits per heavy atom. The molecule has 2 aliphatic heterocycles. The van der Waals surface area contributed by atoms with Crippen molar-refractivity contribution in [2.24, 2.45) is 0 Å². The van der Waals surface area contributed by atoms with Gasteiger partial charge in [0.25, 0.3) is 0 Å². The summed E-state index contributed by atoms with van der Waals surface area (Å²) >= 11 is -3.26. The van der Waals surface area contributed by atoms with Crippen molar-refractivity contribution in [2.75, 3.05) is 4.90 Å². The Morgan fingerprint density at radius 3 is 1.27 bits per heavy atom. The van der Waals surface area contributed by atoms with E-state index >= 15 is 0 Å². The molecule has 0 saturated heterocycles. The van der Waals surface area contributed by atoms with Crippen molar-refractivity contribution < 1.29 is 0 Å². The number of para-hydroxylation sites is 1. The van der Waals surface area contributed by atoms with E-state index in [-0.39, 0.29) is 0 Å². The molecule has 1 nitrogen and oxygen atoms in total. The second-order valence-electron chi connectivity index (χ2n) is 11.7. The first-order chi connectivity index (χ1) is 21.8. The molecule has 7 aromatic rings. The van der Waals surface area contributed by atoms with Gasteiger partial charge in [0.05, 0.1) is 0 Å². The minimum absolute atomic E-state index is 1.15. The van der Waals surface area contributed by atoms with E-state index in [1.165, 1.54) is 43.5 Å². The molecular weight excluding hydrogens is 591 g/mol. The van der Waals surface area contributed by atoms with Gasteiger partial charge < -0.3 is 0 Å². The molecule has 2 heteroatoms. The average Bonchev–Trinajstić information content (AvgIpc) is 3.57. The summed E-state index contributed by atoms with van der Waals surface area (Å²) in [6.07, 6.45) is 0. The third kappa shape index (κ3) is 3.60. The zero-order chi connectivity index (χ0) is 29.1. The van der Waals surface area contributed by atoms with Gasteiger partial charge in [-0.05, 0) is 0 Å². The summed E-state index contributed by atoms with van der Waals surface area (Å²) in [6, 6.07) is 65.3. The Hall–Kier alpha value is -5.12. The summed E-state index contributed by atoms with van der Waals surface area (Å²) < 4.78 is 6.18. The Balaban J connectivity index is 1.28. The molecule has 0 fully saturated rings. The quantitative estimate of drug-likeness (QED) is 0.180. The van der Waals surface area contributed by atoms with Crippen LogP contribution in [0.2, 0.25) is 0 Å². The van der Waals surface area contributed by atoms with Crippen molar-refractivity contribution >= 4 is 47.9 Å². The molecule has 44 heavy (non-hydrogen) atoms. The molecule has 0 bridgehead atoms. The fraction of sp³-hybridized carbons (Fsp3) is 0.